The second kappa shape index (κ2) is 12.6. The number of amides is 2. The van der Waals surface area contributed by atoms with Gasteiger partial charge in [0.15, 0.2) is 0 Å². The lowest BCUT2D eigenvalue weighted by Crippen LogP contribution is -2.34. The summed E-state index contributed by atoms with van der Waals surface area (Å²) in [7, 11) is 1.64. The van der Waals surface area contributed by atoms with Gasteiger partial charge in [0.2, 0.25) is 0 Å². The van der Waals surface area contributed by atoms with Gasteiger partial charge in [0.1, 0.15) is 11.5 Å². The number of methoxy groups -OCH3 is 1. The van der Waals surface area contributed by atoms with Crippen molar-refractivity contribution in [2.75, 3.05) is 26.8 Å². The van der Waals surface area contributed by atoms with Crippen LogP contribution in [0.3, 0.4) is 0 Å². The number of ether oxygens (including phenoxy) is 2. The molecule has 3 aromatic rings. The van der Waals surface area contributed by atoms with E-state index in [-0.39, 0.29) is 11.8 Å². The summed E-state index contributed by atoms with van der Waals surface area (Å²) in [6.07, 6.45) is 11.1. The fourth-order valence-electron chi connectivity index (χ4n) is 4.30. The second-order valence-electron chi connectivity index (χ2n) is 8.71. The van der Waals surface area contributed by atoms with Gasteiger partial charge in [-0.15, -0.1) is 0 Å². The molecule has 1 aliphatic carbocycles. The summed E-state index contributed by atoms with van der Waals surface area (Å²) in [5.41, 5.74) is 4.85. The highest BCUT2D eigenvalue weighted by Gasteiger charge is 2.20. The van der Waals surface area contributed by atoms with E-state index >= 15 is 0 Å². The molecule has 0 atom stereocenters. The number of carbonyl (C=O) groups excluding carboxylic acids is 2. The first-order chi connectivity index (χ1) is 18.5. The molecule has 0 saturated heterocycles. The molecule has 0 radical (unpaired) electrons. The van der Waals surface area contributed by atoms with E-state index in [0.717, 1.165) is 40.6 Å². The lowest BCUT2D eigenvalue weighted by Gasteiger charge is -2.13. The summed E-state index contributed by atoms with van der Waals surface area (Å²) in [6, 6.07) is 16.7. The van der Waals surface area contributed by atoms with Crippen LogP contribution in [0.1, 0.15) is 45.4 Å². The highest BCUT2D eigenvalue weighted by atomic mass is 16.5. The summed E-state index contributed by atoms with van der Waals surface area (Å²) in [6.45, 7) is 5.03. The first kappa shape index (κ1) is 26.5. The fourth-order valence-corrected chi connectivity index (χ4v) is 4.30. The number of nitrogens with zero attached hydrogens (tertiary/aromatic N) is 1. The van der Waals surface area contributed by atoms with Gasteiger partial charge in [-0.2, -0.15) is 0 Å². The SMILES string of the molecule is CCOc1ccc(C(=O)NCCNC(=O)c2cc(C3=CCC=CC=C3)n(-c3ccc(OC)cc3)c2C)cc1. The molecule has 0 fully saturated rings. The van der Waals surface area contributed by atoms with E-state index in [1.54, 1.807) is 31.4 Å². The molecule has 0 bridgehead atoms. The van der Waals surface area contributed by atoms with E-state index in [1.165, 1.54) is 0 Å². The van der Waals surface area contributed by atoms with Crippen LogP contribution in [0, 0.1) is 6.92 Å². The maximum Gasteiger partial charge on any atom is 0.253 e. The standard InChI is InChI=1S/C31H33N3O4/c1-4-38-27-15-11-24(12-16-27)30(35)32-19-20-33-31(36)28-21-29(23-9-7-5-6-8-10-23)34(22(28)2)25-13-17-26(37-3)18-14-25/h5-7,9-18,21H,4,8,19-20H2,1-3H3,(H,32,35)(H,33,36). The Hall–Kier alpha value is -4.52. The lowest BCUT2D eigenvalue weighted by molar-refractivity contribution is 0.0927. The van der Waals surface area contributed by atoms with Crippen LogP contribution >= 0.6 is 0 Å². The zero-order valence-electron chi connectivity index (χ0n) is 22.0. The summed E-state index contributed by atoms with van der Waals surface area (Å²) in [4.78, 5) is 25.6. The Morgan fingerprint density at radius 1 is 0.921 bits per heavy atom. The number of rotatable bonds is 10. The van der Waals surface area contributed by atoms with Crippen LogP contribution in [0.4, 0.5) is 0 Å². The highest BCUT2D eigenvalue weighted by molar-refractivity contribution is 5.97. The third-order valence-electron chi connectivity index (χ3n) is 6.24. The first-order valence-corrected chi connectivity index (χ1v) is 12.7. The van der Waals surface area contributed by atoms with Crippen molar-refractivity contribution in [1.29, 1.82) is 0 Å². The number of hydrogen-bond acceptors (Lipinski definition) is 4. The van der Waals surface area contributed by atoms with Gasteiger partial charge < -0.3 is 24.7 Å². The lowest BCUT2D eigenvalue weighted by atomic mass is 10.1. The topological polar surface area (TPSA) is 81.6 Å². The number of allylic oxidation sites excluding steroid dienone is 6. The molecule has 38 heavy (non-hydrogen) atoms. The fraction of sp³-hybridized carbons (Fsp3) is 0.226. The molecule has 0 unspecified atom stereocenters. The maximum absolute atomic E-state index is 13.2. The van der Waals surface area contributed by atoms with Crippen LogP contribution in [0.25, 0.3) is 11.3 Å². The van der Waals surface area contributed by atoms with Gasteiger partial charge in [0.25, 0.3) is 11.8 Å². The minimum Gasteiger partial charge on any atom is -0.497 e. The van der Waals surface area contributed by atoms with E-state index in [2.05, 4.69) is 33.4 Å². The molecule has 7 heteroatoms. The quantitative estimate of drug-likeness (QED) is 0.364. The van der Waals surface area contributed by atoms with Crippen LogP contribution in [0.15, 0.2) is 85.0 Å². The minimum atomic E-state index is -0.202. The minimum absolute atomic E-state index is 0.192. The van der Waals surface area contributed by atoms with Gasteiger partial charge in [-0.1, -0.05) is 30.4 Å². The molecule has 2 aromatic carbocycles. The van der Waals surface area contributed by atoms with Gasteiger partial charge in [0, 0.05) is 30.0 Å². The van der Waals surface area contributed by atoms with E-state index < -0.39 is 0 Å². The molecule has 0 spiro atoms. The molecule has 7 nitrogen and oxygen atoms in total. The van der Waals surface area contributed by atoms with Crippen molar-refractivity contribution >= 4 is 17.4 Å². The van der Waals surface area contributed by atoms with Crippen molar-refractivity contribution in [3.8, 4) is 17.2 Å². The Balaban J connectivity index is 1.47. The highest BCUT2D eigenvalue weighted by Crippen LogP contribution is 2.29. The van der Waals surface area contributed by atoms with Gasteiger partial charge >= 0.3 is 0 Å². The van der Waals surface area contributed by atoms with Gasteiger partial charge in [0.05, 0.1) is 25.0 Å². The molecular formula is C31H33N3O4. The monoisotopic (exact) mass is 511 g/mol. The molecule has 196 valence electrons. The third-order valence-corrected chi connectivity index (χ3v) is 6.24. The predicted octanol–water partition coefficient (Wildman–Crippen LogP) is 5.25. The molecule has 2 N–H and O–H groups in total. The Kier molecular flexibility index (Phi) is 8.82. The molecule has 0 aliphatic heterocycles. The van der Waals surface area contributed by atoms with Crippen molar-refractivity contribution in [1.82, 2.24) is 15.2 Å². The average Bonchev–Trinajstić information content (AvgIpc) is 3.09. The summed E-state index contributed by atoms with van der Waals surface area (Å²) in [5, 5.41) is 5.79. The molecule has 1 aromatic heterocycles. The van der Waals surface area contributed by atoms with Crippen LogP contribution in [-0.4, -0.2) is 43.2 Å². The van der Waals surface area contributed by atoms with Crippen LogP contribution in [0.2, 0.25) is 0 Å². The van der Waals surface area contributed by atoms with Gasteiger partial charge in [-0.3, -0.25) is 9.59 Å². The molecule has 1 heterocycles. The number of hydrogen-bond donors (Lipinski definition) is 2. The third kappa shape index (κ3) is 6.24. The Labute approximate surface area is 223 Å². The number of benzene rings is 2. The molecule has 1 aliphatic rings. The van der Waals surface area contributed by atoms with Crippen LogP contribution in [-0.2, 0) is 0 Å². The van der Waals surface area contributed by atoms with Crippen molar-refractivity contribution in [2.24, 2.45) is 0 Å². The maximum atomic E-state index is 13.2. The first-order valence-electron chi connectivity index (χ1n) is 12.7. The van der Waals surface area contributed by atoms with Crippen molar-refractivity contribution in [2.45, 2.75) is 20.3 Å². The second-order valence-corrected chi connectivity index (χ2v) is 8.71. The molecular weight excluding hydrogens is 478 g/mol. The summed E-state index contributed by atoms with van der Waals surface area (Å²) in [5.74, 6) is 1.09. The van der Waals surface area contributed by atoms with Crippen molar-refractivity contribution in [3.05, 3.63) is 107 Å². The molecule has 2 amide bonds. The summed E-state index contributed by atoms with van der Waals surface area (Å²) < 4.78 is 12.8. The smallest absolute Gasteiger partial charge is 0.253 e. The number of carbonyl (C=O) groups is 2. The Morgan fingerprint density at radius 2 is 1.61 bits per heavy atom. The van der Waals surface area contributed by atoms with E-state index in [1.807, 2.05) is 56.3 Å². The van der Waals surface area contributed by atoms with E-state index in [4.69, 9.17) is 9.47 Å². The summed E-state index contributed by atoms with van der Waals surface area (Å²) >= 11 is 0. The largest absolute Gasteiger partial charge is 0.497 e. The van der Waals surface area contributed by atoms with E-state index in [9.17, 15) is 9.59 Å². The predicted molar refractivity (Wildman–Crippen MR) is 150 cm³/mol. The molecule has 4 rings (SSSR count). The van der Waals surface area contributed by atoms with Crippen molar-refractivity contribution < 1.29 is 19.1 Å². The van der Waals surface area contributed by atoms with Gasteiger partial charge in [-0.25, -0.2) is 0 Å². The zero-order valence-corrected chi connectivity index (χ0v) is 22.0. The normalized spacial score (nSPS) is 12.4. The number of aromatic nitrogens is 1. The number of nitrogens with one attached hydrogen (secondary N) is 2. The Bertz CT molecular complexity index is 1360. The van der Waals surface area contributed by atoms with E-state index in [0.29, 0.717) is 30.8 Å². The van der Waals surface area contributed by atoms with Crippen LogP contribution in [0.5, 0.6) is 11.5 Å². The van der Waals surface area contributed by atoms with Crippen molar-refractivity contribution in [3.63, 3.8) is 0 Å². The Morgan fingerprint density at radius 3 is 2.29 bits per heavy atom. The van der Waals surface area contributed by atoms with Crippen LogP contribution < -0.4 is 20.1 Å². The zero-order chi connectivity index (χ0) is 26.9. The van der Waals surface area contributed by atoms with Gasteiger partial charge in [-0.05, 0) is 80.4 Å². The average molecular weight is 512 g/mol. The molecule has 0 saturated carbocycles.